The van der Waals surface area contributed by atoms with Crippen LogP contribution in [0.2, 0.25) is 0 Å². The van der Waals surface area contributed by atoms with Crippen LogP contribution in [0.1, 0.15) is 31.7 Å². The smallest absolute Gasteiger partial charge is 0.548 e. The van der Waals surface area contributed by atoms with Crippen LogP contribution < -0.4 is 61.8 Å². The number of nitrogens with zero attached hydrogens (tertiary/aromatic N) is 1. The number of benzene rings is 1. The molecular formula is C16H19KN2O3. The molecule has 3 atom stereocenters. The molecule has 5 nitrogen and oxygen atoms in total. The van der Waals surface area contributed by atoms with Gasteiger partial charge in [0.25, 0.3) is 0 Å². The maximum atomic E-state index is 12.2. The van der Waals surface area contributed by atoms with Crippen LogP contribution in [-0.2, 0) is 4.79 Å². The summed E-state index contributed by atoms with van der Waals surface area (Å²) in [6.07, 6.45) is 0.894. The van der Waals surface area contributed by atoms with Gasteiger partial charge >= 0.3 is 57.4 Å². The van der Waals surface area contributed by atoms with E-state index < -0.39 is 12.0 Å². The number of carbonyl (C=O) groups excluding carboxylic acids is 2. The van der Waals surface area contributed by atoms with Crippen molar-refractivity contribution in [2.24, 2.45) is 11.8 Å². The molecule has 1 aromatic rings. The predicted octanol–water partition coefficient (Wildman–Crippen LogP) is -1.58. The van der Waals surface area contributed by atoms with Crippen LogP contribution in [0.3, 0.4) is 0 Å². The SMILES string of the molecule is CC(C)c1ccc(NC(=O)N2C[C@@H]3C[C@@H]3[C@@H]2C(=O)[O-])cc1.[K+]. The van der Waals surface area contributed by atoms with Crippen molar-refractivity contribution < 1.29 is 66.1 Å². The van der Waals surface area contributed by atoms with Gasteiger partial charge in [-0.25, -0.2) is 4.79 Å². The van der Waals surface area contributed by atoms with Crippen LogP contribution in [0, 0.1) is 11.8 Å². The fourth-order valence-corrected chi connectivity index (χ4v) is 3.12. The van der Waals surface area contributed by atoms with Gasteiger partial charge in [-0.1, -0.05) is 26.0 Å². The Kier molecular flexibility index (Phi) is 5.72. The van der Waals surface area contributed by atoms with Gasteiger partial charge in [0.2, 0.25) is 0 Å². The molecule has 1 heterocycles. The Balaban J connectivity index is 0.00000176. The first-order valence-corrected chi connectivity index (χ1v) is 7.36. The number of urea groups is 1. The minimum atomic E-state index is -1.15. The van der Waals surface area contributed by atoms with Gasteiger partial charge in [0, 0.05) is 12.2 Å². The molecule has 1 aliphatic carbocycles. The minimum Gasteiger partial charge on any atom is -0.548 e. The van der Waals surface area contributed by atoms with Crippen molar-refractivity contribution in [1.82, 2.24) is 4.90 Å². The molecule has 0 unspecified atom stereocenters. The Labute approximate surface area is 172 Å². The average molecular weight is 326 g/mol. The summed E-state index contributed by atoms with van der Waals surface area (Å²) < 4.78 is 0. The van der Waals surface area contributed by atoms with Gasteiger partial charge in [0.15, 0.2) is 0 Å². The Morgan fingerprint density at radius 1 is 1.27 bits per heavy atom. The number of fused-ring (bicyclic) bond motifs is 1. The van der Waals surface area contributed by atoms with E-state index in [1.165, 1.54) is 10.5 Å². The molecule has 1 saturated carbocycles. The number of hydrogen-bond acceptors (Lipinski definition) is 3. The van der Waals surface area contributed by atoms with Crippen LogP contribution in [0.15, 0.2) is 24.3 Å². The molecule has 1 aliphatic heterocycles. The van der Waals surface area contributed by atoms with Crippen molar-refractivity contribution in [3.05, 3.63) is 29.8 Å². The van der Waals surface area contributed by atoms with Crippen molar-refractivity contribution in [3.8, 4) is 0 Å². The third-order valence-electron chi connectivity index (χ3n) is 4.48. The Bertz CT molecular complexity index is 573. The normalized spacial score (nSPS) is 25.4. The van der Waals surface area contributed by atoms with Gasteiger partial charge in [0.05, 0.1) is 12.0 Å². The number of likely N-dealkylation sites (tertiary alicyclic amines) is 1. The molecule has 0 radical (unpaired) electrons. The van der Waals surface area contributed by atoms with Crippen LogP contribution in [0.5, 0.6) is 0 Å². The van der Waals surface area contributed by atoms with Gasteiger partial charge in [-0.15, -0.1) is 0 Å². The maximum Gasteiger partial charge on any atom is 1.00 e. The number of rotatable bonds is 3. The summed E-state index contributed by atoms with van der Waals surface area (Å²) in [5.74, 6) is -0.292. The van der Waals surface area contributed by atoms with Crippen molar-refractivity contribution in [2.75, 3.05) is 11.9 Å². The Hall–Kier alpha value is -0.404. The minimum absolute atomic E-state index is 0. The first-order valence-electron chi connectivity index (χ1n) is 7.36. The summed E-state index contributed by atoms with van der Waals surface area (Å²) in [5.41, 5.74) is 1.88. The van der Waals surface area contributed by atoms with E-state index in [9.17, 15) is 14.7 Å². The number of aliphatic carboxylic acids is 1. The fraction of sp³-hybridized carbons (Fsp3) is 0.500. The fourth-order valence-electron chi connectivity index (χ4n) is 3.12. The van der Waals surface area contributed by atoms with Crippen molar-refractivity contribution in [2.45, 2.75) is 32.2 Å². The molecule has 0 bridgehead atoms. The number of hydrogen-bond donors (Lipinski definition) is 1. The molecule has 0 spiro atoms. The summed E-state index contributed by atoms with van der Waals surface area (Å²) in [6, 6.07) is 6.50. The largest absolute Gasteiger partial charge is 1.00 e. The Morgan fingerprint density at radius 2 is 1.91 bits per heavy atom. The zero-order valence-corrected chi connectivity index (χ0v) is 16.3. The van der Waals surface area contributed by atoms with Gasteiger partial charge in [-0.3, -0.25) is 0 Å². The van der Waals surface area contributed by atoms with E-state index in [2.05, 4.69) is 19.2 Å². The first kappa shape index (κ1) is 17.9. The van der Waals surface area contributed by atoms with E-state index in [0.29, 0.717) is 24.1 Å². The molecular weight excluding hydrogens is 307 g/mol. The first-order chi connectivity index (χ1) is 9.97. The zero-order chi connectivity index (χ0) is 15.1. The predicted molar refractivity (Wildman–Crippen MR) is 76.6 cm³/mol. The summed E-state index contributed by atoms with van der Waals surface area (Å²) in [4.78, 5) is 24.8. The van der Waals surface area contributed by atoms with Crippen molar-refractivity contribution >= 4 is 17.7 Å². The van der Waals surface area contributed by atoms with Gasteiger partial charge < -0.3 is 20.1 Å². The third kappa shape index (κ3) is 3.57. The van der Waals surface area contributed by atoms with Crippen LogP contribution >= 0.6 is 0 Å². The Morgan fingerprint density at radius 3 is 2.45 bits per heavy atom. The molecule has 112 valence electrons. The van der Waals surface area contributed by atoms with Gasteiger partial charge in [0.1, 0.15) is 0 Å². The van der Waals surface area contributed by atoms with E-state index in [-0.39, 0.29) is 63.3 Å². The van der Waals surface area contributed by atoms with Crippen LogP contribution in [-0.4, -0.2) is 29.5 Å². The molecule has 2 aliphatic rings. The monoisotopic (exact) mass is 326 g/mol. The number of carbonyl (C=O) groups is 2. The number of nitrogens with one attached hydrogen (secondary N) is 1. The van der Waals surface area contributed by atoms with E-state index in [4.69, 9.17) is 0 Å². The zero-order valence-electron chi connectivity index (χ0n) is 13.2. The molecule has 1 aromatic carbocycles. The second kappa shape index (κ2) is 7.01. The standard InChI is InChI=1S/C16H20N2O3.K/c1-9(2)10-3-5-12(6-4-10)17-16(21)18-8-11-7-13(11)14(18)15(19)20;/h3-6,9,11,13-14H,7-8H2,1-2H3,(H,17,21)(H,19,20);/q;+1/p-1/t11-,13-,14+;/m0./s1. The molecule has 0 aromatic heterocycles. The number of anilines is 1. The molecule has 2 amide bonds. The van der Waals surface area contributed by atoms with E-state index in [0.717, 1.165) is 6.42 Å². The van der Waals surface area contributed by atoms with Crippen molar-refractivity contribution in [1.29, 1.82) is 0 Å². The molecule has 2 fully saturated rings. The molecule has 1 N–H and O–H groups in total. The molecule has 3 rings (SSSR count). The molecule has 22 heavy (non-hydrogen) atoms. The van der Waals surface area contributed by atoms with E-state index in [1.807, 2.05) is 24.3 Å². The number of amides is 2. The summed E-state index contributed by atoms with van der Waals surface area (Å²) in [7, 11) is 0. The van der Waals surface area contributed by atoms with Gasteiger partial charge in [-0.2, -0.15) is 0 Å². The third-order valence-corrected chi connectivity index (χ3v) is 4.48. The number of carboxylic acids is 1. The van der Waals surface area contributed by atoms with E-state index in [1.54, 1.807) is 0 Å². The number of carboxylic acid groups (broad SMARTS) is 1. The molecule has 6 heteroatoms. The average Bonchev–Trinajstić information content (AvgIpc) is 3.08. The quantitative estimate of drug-likeness (QED) is 0.681. The summed E-state index contributed by atoms with van der Waals surface area (Å²) in [6.45, 7) is 4.72. The van der Waals surface area contributed by atoms with E-state index >= 15 is 0 Å². The maximum absolute atomic E-state index is 12.2. The van der Waals surface area contributed by atoms with Crippen molar-refractivity contribution in [3.63, 3.8) is 0 Å². The second-order valence-electron chi connectivity index (χ2n) is 6.28. The van der Waals surface area contributed by atoms with Crippen LogP contribution in [0.4, 0.5) is 10.5 Å². The summed E-state index contributed by atoms with van der Waals surface area (Å²) in [5, 5.41) is 14.0. The summed E-state index contributed by atoms with van der Waals surface area (Å²) >= 11 is 0. The molecule has 1 saturated heterocycles. The van der Waals surface area contributed by atoms with Gasteiger partial charge in [-0.05, 0) is 41.9 Å². The second-order valence-corrected chi connectivity index (χ2v) is 6.28. The van der Waals surface area contributed by atoms with Crippen LogP contribution in [0.25, 0.3) is 0 Å². The topological polar surface area (TPSA) is 72.5 Å². The number of piperidine rings is 1.